The largest absolute Gasteiger partial charge is 0.505 e. The molecule has 5 rings (SSSR count). The normalized spacial score (nSPS) is 12.7. The van der Waals surface area contributed by atoms with Crippen LogP contribution in [0.25, 0.3) is 10.8 Å². The Kier molecular flexibility index (Phi) is 17.0. The Balaban J connectivity index is 1.45. The van der Waals surface area contributed by atoms with Crippen LogP contribution < -0.4 is 11.1 Å². The van der Waals surface area contributed by atoms with Crippen LogP contribution >= 0.6 is 24.4 Å². The minimum Gasteiger partial charge on any atom is -0.505 e. The Hall–Kier alpha value is -5.27. The van der Waals surface area contributed by atoms with Gasteiger partial charge in [0.25, 0.3) is 16.0 Å². The molecule has 0 unspecified atom stereocenters. The first-order valence-electron chi connectivity index (χ1n) is 17.2. The number of rotatable bonds is 22. The topological polar surface area (TPSA) is 398 Å². The molecule has 0 bridgehead atoms. The van der Waals surface area contributed by atoms with Gasteiger partial charge in [-0.3, -0.25) is 18.1 Å². The zero-order valence-corrected chi connectivity index (χ0v) is 37.0. The fourth-order valence-electron chi connectivity index (χ4n) is 5.33. The van der Waals surface area contributed by atoms with E-state index in [9.17, 15) is 48.1 Å². The quantitative estimate of drug-likeness (QED) is 0.00765. The monoisotopic (exact) mass is 1020 g/mol. The standard InChI is InChI=1S/C33H30N6O20S6/c34-29-28-20(16-26(60-58-56-42)30(32(28)40)38-36-21-7-9-24(10-8-21)62(44,45)14-12-55-65(51,52)53)17-27(64(48,49)50)31(29)39-37-23-5-1-3-19(15-23)33(41)35-22-4-2-6-25(18-22)63(46,47)13-11-54-61-59-57-43/h1-10,15-18,40,42-43H,11-14,34H2,(H,35,41)(H,48,49,50)(H,51,52,53). The summed E-state index contributed by atoms with van der Waals surface area (Å²) in [5, 5.41) is 53.3. The number of phenols is 1. The Morgan fingerprint density at radius 1 is 0.708 bits per heavy atom. The van der Waals surface area contributed by atoms with Gasteiger partial charge in [-0.25, -0.2) is 31.5 Å². The zero-order valence-electron chi connectivity index (χ0n) is 32.1. The third kappa shape index (κ3) is 13.9. The highest BCUT2D eigenvalue weighted by Crippen LogP contribution is 2.49. The van der Waals surface area contributed by atoms with Crippen molar-refractivity contribution in [1.29, 1.82) is 0 Å². The van der Waals surface area contributed by atoms with Crippen LogP contribution in [0.1, 0.15) is 10.4 Å². The zero-order chi connectivity index (χ0) is 47.6. The molecule has 0 aliphatic heterocycles. The number of nitrogens with one attached hydrogen (secondary N) is 1. The maximum absolute atomic E-state index is 13.2. The van der Waals surface area contributed by atoms with Crippen molar-refractivity contribution in [1.82, 2.24) is 0 Å². The fraction of sp³-hybridized carbons (Fsp3) is 0.121. The molecule has 0 saturated carbocycles. The van der Waals surface area contributed by atoms with E-state index in [-0.39, 0.29) is 79.1 Å². The summed E-state index contributed by atoms with van der Waals surface area (Å²) in [6, 6.07) is 17.2. The number of carbonyl (C=O) groups excluding carboxylic acids is 1. The molecular weight excluding hydrogens is 993 g/mol. The summed E-state index contributed by atoms with van der Waals surface area (Å²) >= 11 is 0.456. The molecule has 0 heterocycles. The van der Waals surface area contributed by atoms with Crippen LogP contribution in [-0.2, 0) is 67.3 Å². The first-order valence-corrected chi connectivity index (χ1v) is 24.7. The van der Waals surface area contributed by atoms with Gasteiger partial charge < -0.3 is 16.2 Å². The molecular formula is C33H30N6O20S6. The summed E-state index contributed by atoms with van der Waals surface area (Å²) in [6.45, 7) is -1.22. The van der Waals surface area contributed by atoms with Crippen molar-refractivity contribution in [2.75, 3.05) is 35.8 Å². The molecule has 65 heavy (non-hydrogen) atoms. The van der Waals surface area contributed by atoms with Crippen molar-refractivity contribution in [2.24, 2.45) is 20.5 Å². The van der Waals surface area contributed by atoms with Crippen LogP contribution in [0.3, 0.4) is 0 Å². The molecule has 1 amide bonds. The molecule has 0 atom stereocenters. The Labute approximate surface area is 375 Å². The smallest absolute Gasteiger partial charge is 0.397 e. The lowest BCUT2D eigenvalue weighted by Gasteiger charge is -2.14. The van der Waals surface area contributed by atoms with Crippen molar-refractivity contribution in [3.8, 4) is 5.75 Å². The number of nitrogens with zero attached hydrogens (tertiary/aromatic N) is 4. The summed E-state index contributed by atoms with van der Waals surface area (Å²) in [5.41, 5.74) is 4.68. The molecule has 0 aliphatic rings. The number of sulfone groups is 2. The summed E-state index contributed by atoms with van der Waals surface area (Å²) in [5.74, 6) is -2.83. The number of anilines is 2. The third-order valence-electron chi connectivity index (χ3n) is 8.16. The number of nitrogens with two attached hydrogens (primary N) is 1. The van der Waals surface area contributed by atoms with Crippen LogP contribution in [-0.4, -0.2) is 89.0 Å². The van der Waals surface area contributed by atoms with E-state index >= 15 is 0 Å². The first kappa shape index (κ1) is 50.7. The minimum atomic E-state index is -5.14. The number of amides is 1. The van der Waals surface area contributed by atoms with Gasteiger partial charge in [0.15, 0.2) is 37.7 Å². The van der Waals surface area contributed by atoms with Gasteiger partial charge in [-0.1, -0.05) is 22.2 Å². The number of aromatic hydroxyl groups is 1. The van der Waals surface area contributed by atoms with E-state index < -0.39 is 91.9 Å². The second-order valence-corrected chi connectivity index (χ2v) is 20.3. The highest BCUT2D eigenvalue weighted by Gasteiger charge is 2.26. The van der Waals surface area contributed by atoms with Crippen LogP contribution in [0.4, 0.5) is 34.1 Å². The number of phenolic OH excluding ortho intramolecular Hbond substituents is 1. The number of hydrogen-bond acceptors (Lipinski definition) is 25. The SMILES string of the molecule is Nc1c(N=Nc2cccc(C(=O)Nc3cccc(S(=O)(=O)CCOSOOO)c3)c2)c(S(=O)(=O)O)cc2cc(SOOO)c(N=Nc3ccc(S(=O)(=O)CCOS(=O)(=O)O)cc3)c(O)c12. The van der Waals surface area contributed by atoms with Gasteiger partial charge in [0.2, 0.25) is 0 Å². The average Bonchev–Trinajstić information content (AvgIpc) is 3.24. The molecule has 0 saturated heterocycles. The van der Waals surface area contributed by atoms with E-state index in [4.69, 9.17) is 25.0 Å². The summed E-state index contributed by atoms with van der Waals surface area (Å²) in [4.78, 5) is 11.7. The Morgan fingerprint density at radius 3 is 2.03 bits per heavy atom. The molecule has 348 valence electrons. The summed E-state index contributed by atoms with van der Waals surface area (Å²) in [7, 11) is -18.0. The molecule has 0 aromatic heterocycles. The maximum Gasteiger partial charge on any atom is 0.397 e. The number of carbonyl (C=O) groups is 1. The number of hydrogen-bond donors (Lipinski definition) is 7. The lowest BCUT2D eigenvalue weighted by Crippen LogP contribution is -2.15. The molecule has 0 spiro atoms. The summed E-state index contributed by atoms with van der Waals surface area (Å²) in [6.07, 6.45) is 0. The predicted molar refractivity (Wildman–Crippen MR) is 226 cm³/mol. The van der Waals surface area contributed by atoms with E-state index in [0.29, 0.717) is 0 Å². The Morgan fingerprint density at radius 2 is 1.35 bits per heavy atom. The van der Waals surface area contributed by atoms with Crippen LogP contribution in [0.2, 0.25) is 0 Å². The highest BCUT2D eigenvalue weighted by atomic mass is 32.3. The molecule has 26 nitrogen and oxygen atoms in total. The van der Waals surface area contributed by atoms with E-state index in [1.54, 1.807) is 0 Å². The average molecular weight is 1020 g/mol. The van der Waals surface area contributed by atoms with Gasteiger partial charge in [-0.05, 0) is 78.2 Å². The van der Waals surface area contributed by atoms with Gasteiger partial charge in [0, 0.05) is 11.3 Å². The molecule has 8 N–H and O–H groups in total. The van der Waals surface area contributed by atoms with Crippen molar-refractivity contribution < 1.29 is 90.3 Å². The van der Waals surface area contributed by atoms with Crippen molar-refractivity contribution in [3.63, 3.8) is 0 Å². The third-order valence-corrected chi connectivity index (χ3v) is 13.9. The molecule has 5 aromatic rings. The Bertz CT molecular complexity index is 3090. The molecule has 0 fully saturated rings. The molecule has 0 radical (unpaired) electrons. The van der Waals surface area contributed by atoms with Gasteiger partial charge >= 0.3 is 10.4 Å². The summed E-state index contributed by atoms with van der Waals surface area (Å²) < 4.78 is 134. The van der Waals surface area contributed by atoms with E-state index in [0.717, 1.165) is 24.3 Å². The van der Waals surface area contributed by atoms with Gasteiger partial charge in [-0.2, -0.15) is 27.1 Å². The highest BCUT2D eigenvalue weighted by molar-refractivity contribution is 7.94. The molecule has 32 heteroatoms. The molecule has 5 aromatic carbocycles. The fourth-order valence-corrected chi connectivity index (χ4v) is 9.44. The van der Waals surface area contributed by atoms with Gasteiger partial charge in [0.05, 0.1) is 73.9 Å². The number of nitrogen functional groups attached to an aromatic ring is 1. The van der Waals surface area contributed by atoms with Crippen molar-refractivity contribution in [3.05, 3.63) is 90.5 Å². The van der Waals surface area contributed by atoms with E-state index in [2.05, 4.69) is 48.7 Å². The number of fused-ring (bicyclic) bond motifs is 1. The van der Waals surface area contributed by atoms with Crippen LogP contribution in [0.5, 0.6) is 5.75 Å². The lowest BCUT2D eigenvalue weighted by molar-refractivity contribution is -0.434. The van der Waals surface area contributed by atoms with Crippen LogP contribution in [0, 0.1) is 0 Å². The van der Waals surface area contributed by atoms with Gasteiger partial charge in [0.1, 0.15) is 16.3 Å². The van der Waals surface area contributed by atoms with E-state index in [1.165, 1.54) is 60.7 Å². The number of benzene rings is 5. The van der Waals surface area contributed by atoms with Crippen LogP contribution in [0.15, 0.2) is 125 Å². The lowest BCUT2D eigenvalue weighted by atomic mass is 10.1. The van der Waals surface area contributed by atoms with Gasteiger partial charge in [-0.15, -0.1) is 18.9 Å². The predicted octanol–water partition coefficient (Wildman–Crippen LogP) is 6.25. The van der Waals surface area contributed by atoms with E-state index in [1.807, 2.05) is 0 Å². The minimum absolute atomic E-state index is 0.00535. The second kappa shape index (κ2) is 21.8. The first-order chi connectivity index (χ1) is 30.6. The number of azo groups is 2. The maximum atomic E-state index is 13.2. The van der Waals surface area contributed by atoms with Crippen molar-refractivity contribution in [2.45, 2.75) is 19.6 Å². The van der Waals surface area contributed by atoms with Crippen molar-refractivity contribution >= 4 is 115 Å². The second-order valence-electron chi connectivity index (χ2n) is 12.4. The molecule has 0 aliphatic carbocycles.